The molecule has 0 saturated carbocycles. The van der Waals surface area contributed by atoms with E-state index in [1.165, 1.54) is 22.9 Å². The van der Waals surface area contributed by atoms with Crippen molar-refractivity contribution < 1.29 is 4.79 Å². The van der Waals surface area contributed by atoms with Gasteiger partial charge in [0.1, 0.15) is 4.38 Å². The maximum Gasteiger partial charge on any atom is 0.230 e. The van der Waals surface area contributed by atoms with E-state index in [1.54, 1.807) is 11.8 Å². The molecule has 102 valence electrons. The first kappa shape index (κ1) is 14.5. The van der Waals surface area contributed by atoms with Crippen LogP contribution in [0.1, 0.15) is 24.1 Å². The molecule has 1 aromatic carbocycles. The highest BCUT2D eigenvalue weighted by Gasteiger charge is 2.14. The summed E-state index contributed by atoms with van der Waals surface area (Å²) in [5, 5.41) is 3.04. The molecule has 2 rings (SSSR count). The van der Waals surface area contributed by atoms with Crippen molar-refractivity contribution in [1.82, 2.24) is 5.32 Å². The summed E-state index contributed by atoms with van der Waals surface area (Å²) in [5.41, 5.74) is 2.38. The number of nitrogens with zero attached hydrogens (tertiary/aromatic N) is 1. The van der Waals surface area contributed by atoms with Gasteiger partial charge in [-0.3, -0.25) is 9.79 Å². The fourth-order valence-electron chi connectivity index (χ4n) is 1.96. The number of aryl methyl sites for hydroxylation is 1. The van der Waals surface area contributed by atoms with Crippen molar-refractivity contribution in [1.29, 1.82) is 0 Å². The lowest BCUT2D eigenvalue weighted by molar-refractivity contribution is -0.119. The lowest BCUT2D eigenvalue weighted by Gasteiger charge is -2.16. The zero-order chi connectivity index (χ0) is 13.7. The van der Waals surface area contributed by atoms with Gasteiger partial charge in [0.05, 0.1) is 18.3 Å². The van der Waals surface area contributed by atoms with Crippen molar-refractivity contribution in [3.63, 3.8) is 0 Å². The molecule has 3 nitrogen and oxygen atoms in total. The van der Waals surface area contributed by atoms with E-state index in [9.17, 15) is 4.79 Å². The van der Waals surface area contributed by atoms with Crippen LogP contribution < -0.4 is 5.32 Å². The number of benzene rings is 1. The van der Waals surface area contributed by atoms with Gasteiger partial charge in [-0.05, 0) is 25.0 Å². The van der Waals surface area contributed by atoms with E-state index in [4.69, 9.17) is 0 Å². The molecule has 0 fully saturated rings. The van der Waals surface area contributed by atoms with E-state index in [0.29, 0.717) is 5.75 Å². The van der Waals surface area contributed by atoms with Crippen molar-refractivity contribution in [2.75, 3.05) is 18.1 Å². The second-order valence-corrected chi connectivity index (χ2v) is 6.74. The van der Waals surface area contributed by atoms with Gasteiger partial charge >= 0.3 is 0 Å². The number of hydrogen-bond donors (Lipinski definition) is 1. The smallest absolute Gasteiger partial charge is 0.230 e. The molecule has 1 atom stereocenters. The van der Waals surface area contributed by atoms with Crippen LogP contribution >= 0.6 is 23.5 Å². The SMILES string of the molecule is Cc1ccccc1C(C)NC(=O)CSC1=NCCS1. The highest BCUT2D eigenvalue weighted by atomic mass is 32.2. The van der Waals surface area contributed by atoms with Crippen LogP contribution in [0, 0.1) is 6.92 Å². The molecule has 0 aromatic heterocycles. The van der Waals surface area contributed by atoms with Gasteiger partial charge < -0.3 is 5.32 Å². The van der Waals surface area contributed by atoms with Crippen molar-refractivity contribution in [3.8, 4) is 0 Å². The van der Waals surface area contributed by atoms with Crippen molar-refractivity contribution in [2.45, 2.75) is 19.9 Å². The second kappa shape index (κ2) is 7.01. The van der Waals surface area contributed by atoms with Crippen LogP contribution in [-0.2, 0) is 4.79 Å². The third kappa shape index (κ3) is 4.28. The molecule has 1 unspecified atom stereocenters. The third-order valence-corrected chi connectivity index (χ3v) is 5.17. The van der Waals surface area contributed by atoms with Crippen molar-refractivity contribution in [3.05, 3.63) is 35.4 Å². The van der Waals surface area contributed by atoms with E-state index in [0.717, 1.165) is 16.7 Å². The Balaban J connectivity index is 1.83. The van der Waals surface area contributed by atoms with Gasteiger partial charge in [0.25, 0.3) is 0 Å². The van der Waals surface area contributed by atoms with Crippen LogP contribution in [0.3, 0.4) is 0 Å². The van der Waals surface area contributed by atoms with Crippen LogP contribution in [0.5, 0.6) is 0 Å². The largest absolute Gasteiger partial charge is 0.349 e. The topological polar surface area (TPSA) is 41.5 Å². The minimum absolute atomic E-state index is 0.0486. The summed E-state index contributed by atoms with van der Waals surface area (Å²) >= 11 is 3.27. The maximum atomic E-state index is 11.9. The normalized spacial score (nSPS) is 16.0. The number of aliphatic imine (C=N–C) groups is 1. The Labute approximate surface area is 122 Å². The fourth-order valence-corrected chi connectivity index (χ4v) is 3.78. The average molecular weight is 294 g/mol. The van der Waals surface area contributed by atoms with Gasteiger partial charge in [0, 0.05) is 5.75 Å². The Bertz CT molecular complexity index is 488. The molecule has 0 aliphatic carbocycles. The number of rotatable bonds is 4. The summed E-state index contributed by atoms with van der Waals surface area (Å²) in [6.45, 7) is 4.97. The average Bonchev–Trinajstić information content (AvgIpc) is 2.90. The summed E-state index contributed by atoms with van der Waals surface area (Å²) in [6, 6.07) is 8.19. The molecule has 0 spiro atoms. The molecule has 0 radical (unpaired) electrons. The Morgan fingerprint density at radius 3 is 3.00 bits per heavy atom. The monoisotopic (exact) mass is 294 g/mol. The molecule has 1 aliphatic rings. The third-order valence-electron chi connectivity index (χ3n) is 2.92. The maximum absolute atomic E-state index is 11.9. The van der Waals surface area contributed by atoms with Crippen LogP contribution in [0.25, 0.3) is 0 Å². The van der Waals surface area contributed by atoms with Crippen molar-refractivity contribution >= 4 is 33.8 Å². The zero-order valence-electron chi connectivity index (χ0n) is 11.2. The van der Waals surface area contributed by atoms with Crippen LogP contribution in [0.15, 0.2) is 29.3 Å². The molecule has 5 heteroatoms. The van der Waals surface area contributed by atoms with E-state index in [2.05, 4.69) is 29.4 Å². The number of amides is 1. The molecule has 1 amide bonds. The van der Waals surface area contributed by atoms with Crippen LogP contribution in [0.2, 0.25) is 0 Å². The Morgan fingerprint density at radius 2 is 2.32 bits per heavy atom. The Hall–Kier alpha value is -0.940. The zero-order valence-corrected chi connectivity index (χ0v) is 12.8. The summed E-state index contributed by atoms with van der Waals surface area (Å²) in [5.74, 6) is 1.56. The molecule has 1 N–H and O–H groups in total. The van der Waals surface area contributed by atoms with Gasteiger partial charge in [-0.2, -0.15) is 0 Å². The van der Waals surface area contributed by atoms with E-state index < -0.39 is 0 Å². The van der Waals surface area contributed by atoms with Crippen molar-refractivity contribution in [2.24, 2.45) is 4.99 Å². The molecular weight excluding hydrogens is 276 g/mol. The minimum atomic E-state index is 0.0486. The fraction of sp³-hybridized carbons (Fsp3) is 0.429. The van der Waals surface area contributed by atoms with E-state index in [1.807, 2.05) is 19.1 Å². The Kier molecular flexibility index (Phi) is 5.34. The van der Waals surface area contributed by atoms with E-state index in [-0.39, 0.29) is 11.9 Å². The summed E-state index contributed by atoms with van der Waals surface area (Å²) in [6.07, 6.45) is 0. The predicted molar refractivity (Wildman–Crippen MR) is 85.0 cm³/mol. The summed E-state index contributed by atoms with van der Waals surface area (Å²) in [4.78, 5) is 16.2. The summed E-state index contributed by atoms with van der Waals surface area (Å²) in [7, 11) is 0. The molecule has 1 aromatic rings. The van der Waals surface area contributed by atoms with Gasteiger partial charge in [-0.15, -0.1) is 0 Å². The first-order chi connectivity index (χ1) is 9.16. The van der Waals surface area contributed by atoms with Crippen LogP contribution in [0.4, 0.5) is 0 Å². The van der Waals surface area contributed by atoms with E-state index >= 15 is 0 Å². The molecular formula is C14H18N2OS2. The van der Waals surface area contributed by atoms with Gasteiger partial charge in [0.2, 0.25) is 5.91 Å². The lowest BCUT2D eigenvalue weighted by atomic mass is 10.0. The predicted octanol–water partition coefficient (Wildman–Crippen LogP) is 3.01. The minimum Gasteiger partial charge on any atom is -0.349 e. The first-order valence-corrected chi connectivity index (χ1v) is 8.29. The number of thioether (sulfide) groups is 2. The number of carbonyl (C=O) groups excluding carboxylic acids is 1. The standard InChI is InChI=1S/C14H18N2OS2/c1-10-5-3-4-6-12(10)11(2)16-13(17)9-19-14-15-7-8-18-14/h3-6,11H,7-9H2,1-2H3,(H,16,17). The molecule has 1 heterocycles. The van der Waals surface area contributed by atoms with Crippen LogP contribution in [-0.4, -0.2) is 28.3 Å². The number of hydrogen-bond acceptors (Lipinski definition) is 4. The quantitative estimate of drug-likeness (QED) is 0.928. The van der Waals surface area contributed by atoms with Gasteiger partial charge in [-0.1, -0.05) is 47.8 Å². The number of nitrogens with one attached hydrogen (secondary N) is 1. The lowest BCUT2D eigenvalue weighted by Crippen LogP contribution is -2.28. The molecule has 1 aliphatic heterocycles. The first-order valence-electron chi connectivity index (χ1n) is 6.32. The van der Waals surface area contributed by atoms with Gasteiger partial charge in [0.15, 0.2) is 0 Å². The highest BCUT2D eigenvalue weighted by molar-refractivity contribution is 8.39. The number of carbonyl (C=O) groups is 1. The summed E-state index contributed by atoms with van der Waals surface area (Å²) < 4.78 is 1.04. The Morgan fingerprint density at radius 1 is 1.53 bits per heavy atom. The second-order valence-electron chi connectivity index (χ2n) is 4.43. The molecule has 0 saturated heterocycles. The van der Waals surface area contributed by atoms with Gasteiger partial charge in [-0.25, -0.2) is 0 Å². The highest BCUT2D eigenvalue weighted by Crippen LogP contribution is 2.22. The molecule has 0 bridgehead atoms. The molecule has 19 heavy (non-hydrogen) atoms.